The van der Waals surface area contributed by atoms with Crippen LogP contribution in [0, 0.1) is 0 Å². The Morgan fingerprint density at radius 1 is 1.15 bits per heavy atom. The molecule has 0 aliphatic heterocycles. The Bertz CT molecular complexity index is 1000. The van der Waals surface area contributed by atoms with Gasteiger partial charge in [-0.3, -0.25) is 4.98 Å². The summed E-state index contributed by atoms with van der Waals surface area (Å²) in [4.78, 5) is 9.26. The number of aryl methyl sites for hydroxylation is 1. The maximum absolute atomic E-state index is 13.5. The summed E-state index contributed by atoms with van der Waals surface area (Å²) >= 11 is 4.82. The molecule has 3 aromatic rings. The number of imidazole rings is 1. The van der Waals surface area contributed by atoms with Gasteiger partial charge in [-0.1, -0.05) is 6.92 Å². The van der Waals surface area contributed by atoms with Crippen LogP contribution in [0.15, 0.2) is 27.7 Å². The topological polar surface area (TPSA) is 56.5 Å². The zero-order valence-corrected chi connectivity index (χ0v) is 16.3. The lowest BCUT2D eigenvalue weighted by Gasteiger charge is -2.17. The predicted molar refractivity (Wildman–Crippen MR) is 93.6 cm³/mol. The maximum Gasteiger partial charge on any atom is 0.459 e. The van der Waals surface area contributed by atoms with E-state index in [9.17, 15) is 22.0 Å². The van der Waals surface area contributed by atoms with Crippen LogP contribution < -0.4 is 0 Å². The van der Waals surface area contributed by atoms with E-state index in [1.807, 2.05) is 13.0 Å². The Labute approximate surface area is 162 Å². The maximum atomic E-state index is 13.5. The second-order valence-electron chi connectivity index (χ2n) is 5.44. The summed E-state index contributed by atoms with van der Waals surface area (Å²) in [7, 11) is 1.56. The van der Waals surface area contributed by atoms with E-state index in [2.05, 4.69) is 36.1 Å². The molecule has 0 fully saturated rings. The molecule has 0 aliphatic rings. The molecule has 0 aliphatic carbocycles. The lowest BCUT2D eigenvalue weighted by atomic mass is 10.2. The second-order valence-corrected chi connectivity index (χ2v) is 7.66. The number of pyridine rings is 1. The van der Waals surface area contributed by atoms with Crippen LogP contribution in [-0.2, 0) is 13.0 Å². The number of nitrogens with zero attached hydrogens (tertiary/aromatic N) is 5. The van der Waals surface area contributed by atoms with E-state index >= 15 is 0 Å². The number of aromatic nitrogens is 5. The first-order valence-electron chi connectivity index (χ1n) is 7.50. The average Bonchev–Trinajstić information content (AvgIpc) is 2.90. The van der Waals surface area contributed by atoms with E-state index in [4.69, 9.17) is 0 Å². The molecule has 0 saturated carbocycles. The highest BCUT2D eigenvalue weighted by Crippen LogP contribution is 2.43. The smallest absolute Gasteiger partial charge is 0.309 e. The fraction of sp³-hybridized carbons (Fsp3) is 0.333. The molecular formula is C15H11BrF5N5S. The minimum Gasteiger partial charge on any atom is -0.309 e. The molecule has 0 bridgehead atoms. The number of fused-ring (bicyclic) bond motifs is 1. The Hall–Kier alpha value is -1.82. The van der Waals surface area contributed by atoms with Gasteiger partial charge in [-0.2, -0.15) is 22.0 Å². The van der Waals surface area contributed by atoms with Gasteiger partial charge in [0.25, 0.3) is 0 Å². The molecule has 0 aromatic carbocycles. The van der Waals surface area contributed by atoms with Crippen molar-refractivity contribution in [3.8, 4) is 11.5 Å². The fourth-order valence-corrected chi connectivity index (χ4v) is 3.64. The summed E-state index contributed by atoms with van der Waals surface area (Å²) in [6.07, 6.45) is -4.23. The van der Waals surface area contributed by atoms with Crippen LogP contribution in [0.3, 0.4) is 0 Å². The van der Waals surface area contributed by atoms with Crippen LogP contribution in [0.4, 0.5) is 22.0 Å². The van der Waals surface area contributed by atoms with Gasteiger partial charge in [0.1, 0.15) is 16.9 Å². The highest BCUT2D eigenvalue weighted by Gasteiger charge is 2.60. The Balaban J connectivity index is 2.17. The van der Waals surface area contributed by atoms with Crippen molar-refractivity contribution in [1.29, 1.82) is 0 Å². The van der Waals surface area contributed by atoms with E-state index in [0.717, 1.165) is 15.1 Å². The van der Waals surface area contributed by atoms with E-state index in [1.165, 1.54) is 16.3 Å². The van der Waals surface area contributed by atoms with Crippen molar-refractivity contribution in [2.45, 2.75) is 23.9 Å². The first-order valence-corrected chi connectivity index (χ1v) is 9.28. The molecule has 27 heavy (non-hydrogen) atoms. The molecule has 0 amide bonds. The predicted octanol–water partition coefficient (Wildman–Crippen LogP) is 4.95. The van der Waals surface area contributed by atoms with Gasteiger partial charge in [0.2, 0.25) is 0 Å². The van der Waals surface area contributed by atoms with Crippen molar-refractivity contribution in [2.75, 3.05) is 5.75 Å². The number of halogens is 6. The number of rotatable bonds is 4. The van der Waals surface area contributed by atoms with Crippen molar-refractivity contribution >= 4 is 38.9 Å². The SMILES string of the molecule is CCSc1cc(Br)cnc1-c1nc2cc(C(F)(F)C(F)(F)F)nnc2n1C. The van der Waals surface area contributed by atoms with Gasteiger partial charge >= 0.3 is 12.1 Å². The lowest BCUT2D eigenvalue weighted by molar-refractivity contribution is -0.291. The van der Waals surface area contributed by atoms with Gasteiger partial charge in [0.05, 0.1) is 0 Å². The standard InChI is InChI=1S/C15H11BrF5N5S/c1-3-27-9-4-7(16)6-22-11(9)13-23-8-5-10(14(17,18)15(19,20)21)24-25-12(8)26(13)2/h4-6H,3H2,1-2H3. The molecule has 0 N–H and O–H groups in total. The second kappa shape index (κ2) is 6.97. The molecule has 5 nitrogen and oxygen atoms in total. The van der Waals surface area contributed by atoms with Crippen LogP contribution in [-0.4, -0.2) is 36.7 Å². The molecule has 12 heteroatoms. The normalized spacial score (nSPS) is 12.7. The Morgan fingerprint density at radius 3 is 2.48 bits per heavy atom. The largest absolute Gasteiger partial charge is 0.459 e. The van der Waals surface area contributed by atoms with E-state index in [-0.39, 0.29) is 17.0 Å². The molecular weight excluding hydrogens is 457 g/mol. The average molecular weight is 468 g/mol. The number of alkyl halides is 5. The summed E-state index contributed by atoms with van der Waals surface area (Å²) in [5.41, 5.74) is -1.09. The Morgan fingerprint density at radius 2 is 1.85 bits per heavy atom. The van der Waals surface area contributed by atoms with Crippen LogP contribution in [0.2, 0.25) is 0 Å². The van der Waals surface area contributed by atoms with Crippen LogP contribution in [0.1, 0.15) is 12.6 Å². The number of hydrogen-bond acceptors (Lipinski definition) is 5. The van der Waals surface area contributed by atoms with Crippen LogP contribution in [0.25, 0.3) is 22.7 Å². The third kappa shape index (κ3) is 3.51. The monoisotopic (exact) mass is 467 g/mol. The molecule has 0 spiro atoms. The van der Waals surface area contributed by atoms with Gasteiger partial charge in [0.15, 0.2) is 11.5 Å². The summed E-state index contributed by atoms with van der Waals surface area (Å²) < 4.78 is 67.0. The minimum absolute atomic E-state index is 0.0730. The van der Waals surface area contributed by atoms with E-state index < -0.39 is 17.8 Å². The van der Waals surface area contributed by atoms with Crippen molar-refractivity contribution in [1.82, 2.24) is 24.7 Å². The van der Waals surface area contributed by atoms with Crippen molar-refractivity contribution in [2.24, 2.45) is 7.05 Å². The zero-order chi connectivity index (χ0) is 20.0. The molecule has 144 valence electrons. The number of hydrogen-bond donors (Lipinski definition) is 0. The van der Waals surface area contributed by atoms with E-state index in [1.54, 1.807) is 13.2 Å². The number of thioether (sulfide) groups is 1. The molecule has 3 rings (SSSR count). The van der Waals surface area contributed by atoms with Crippen LogP contribution in [0.5, 0.6) is 0 Å². The summed E-state index contributed by atoms with van der Waals surface area (Å²) in [6.45, 7) is 1.95. The molecule has 0 saturated heterocycles. The Kier molecular flexibility index (Phi) is 5.14. The van der Waals surface area contributed by atoms with Crippen LogP contribution >= 0.6 is 27.7 Å². The lowest BCUT2D eigenvalue weighted by Crippen LogP contribution is -2.34. The van der Waals surface area contributed by atoms with Crippen molar-refractivity contribution in [3.63, 3.8) is 0 Å². The first kappa shape index (κ1) is 19.9. The third-order valence-electron chi connectivity index (χ3n) is 3.63. The fourth-order valence-electron chi connectivity index (χ4n) is 2.35. The third-order valence-corrected chi connectivity index (χ3v) is 4.97. The minimum atomic E-state index is -5.77. The van der Waals surface area contributed by atoms with Gasteiger partial charge in [-0.15, -0.1) is 22.0 Å². The van der Waals surface area contributed by atoms with Gasteiger partial charge in [-0.05, 0) is 33.8 Å². The molecule has 0 atom stereocenters. The molecule has 3 aromatic heterocycles. The zero-order valence-electron chi connectivity index (χ0n) is 13.9. The summed E-state index contributed by atoms with van der Waals surface area (Å²) in [5.74, 6) is -4.09. The summed E-state index contributed by atoms with van der Waals surface area (Å²) in [6, 6.07) is 2.43. The van der Waals surface area contributed by atoms with E-state index in [0.29, 0.717) is 11.8 Å². The highest BCUT2D eigenvalue weighted by molar-refractivity contribution is 9.10. The summed E-state index contributed by atoms with van der Waals surface area (Å²) in [5, 5.41) is 6.60. The molecule has 3 heterocycles. The quantitative estimate of drug-likeness (QED) is 0.401. The molecule has 0 unspecified atom stereocenters. The van der Waals surface area contributed by atoms with Crippen molar-refractivity contribution < 1.29 is 22.0 Å². The highest BCUT2D eigenvalue weighted by atomic mass is 79.9. The molecule has 0 radical (unpaired) electrons. The van der Waals surface area contributed by atoms with Gasteiger partial charge in [-0.25, -0.2) is 4.98 Å². The van der Waals surface area contributed by atoms with Gasteiger partial charge in [0, 0.05) is 22.6 Å². The van der Waals surface area contributed by atoms with Gasteiger partial charge < -0.3 is 4.57 Å². The van der Waals surface area contributed by atoms with Crippen molar-refractivity contribution in [3.05, 3.63) is 28.5 Å². The first-order chi connectivity index (χ1) is 12.6.